The molecule has 0 fully saturated rings. The van der Waals surface area contributed by atoms with Crippen LogP contribution in [0, 0.1) is 25.2 Å². The SMILES string of the molecule is CCN(CCC#N)c1ccc(/C=N\Nc2nc(C)cc(=O)[nH]2)c(C)c1. The molecule has 0 spiro atoms. The number of H-pyrrole nitrogens is 1. The molecule has 130 valence electrons. The number of benzene rings is 1. The van der Waals surface area contributed by atoms with Crippen molar-refractivity contribution in [3.05, 3.63) is 51.4 Å². The summed E-state index contributed by atoms with van der Waals surface area (Å²) in [6.45, 7) is 7.40. The zero-order valence-electron chi connectivity index (χ0n) is 14.7. The molecule has 0 aliphatic heterocycles. The molecule has 7 heteroatoms. The molecule has 0 saturated heterocycles. The Morgan fingerprint density at radius 2 is 2.20 bits per heavy atom. The minimum absolute atomic E-state index is 0.220. The Morgan fingerprint density at radius 1 is 1.40 bits per heavy atom. The van der Waals surface area contributed by atoms with Gasteiger partial charge in [-0.15, -0.1) is 0 Å². The van der Waals surface area contributed by atoms with Crippen molar-refractivity contribution in [3.63, 3.8) is 0 Å². The lowest BCUT2D eigenvalue weighted by Crippen LogP contribution is -2.23. The number of anilines is 2. The van der Waals surface area contributed by atoms with Crippen LogP contribution in [0.15, 0.2) is 34.2 Å². The van der Waals surface area contributed by atoms with Gasteiger partial charge in [-0.3, -0.25) is 9.78 Å². The van der Waals surface area contributed by atoms with Gasteiger partial charge in [-0.1, -0.05) is 6.07 Å². The number of aromatic nitrogens is 2. The summed E-state index contributed by atoms with van der Waals surface area (Å²) >= 11 is 0. The maximum absolute atomic E-state index is 11.4. The highest BCUT2D eigenvalue weighted by atomic mass is 16.1. The van der Waals surface area contributed by atoms with Crippen molar-refractivity contribution < 1.29 is 0 Å². The number of nitrogens with zero attached hydrogens (tertiary/aromatic N) is 4. The van der Waals surface area contributed by atoms with E-state index in [1.807, 2.05) is 19.1 Å². The van der Waals surface area contributed by atoms with Crippen LogP contribution < -0.4 is 15.9 Å². The van der Waals surface area contributed by atoms with Crippen LogP contribution >= 0.6 is 0 Å². The second-order valence-corrected chi connectivity index (χ2v) is 5.63. The van der Waals surface area contributed by atoms with Crippen LogP contribution in [0.2, 0.25) is 0 Å². The second-order valence-electron chi connectivity index (χ2n) is 5.63. The predicted octanol–water partition coefficient (Wildman–Crippen LogP) is 2.57. The van der Waals surface area contributed by atoms with Crippen LogP contribution in [0.5, 0.6) is 0 Å². The van der Waals surface area contributed by atoms with E-state index in [0.717, 1.165) is 23.4 Å². The van der Waals surface area contributed by atoms with Gasteiger partial charge in [0.25, 0.3) is 5.56 Å². The van der Waals surface area contributed by atoms with Crippen molar-refractivity contribution >= 4 is 17.9 Å². The molecule has 25 heavy (non-hydrogen) atoms. The van der Waals surface area contributed by atoms with E-state index in [9.17, 15) is 4.79 Å². The topological polar surface area (TPSA) is 97.2 Å². The van der Waals surface area contributed by atoms with Crippen molar-refractivity contribution in [2.75, 3.05) is 23.4 Å². The highest BCUT2D eigenvalue weighted by Gasteiger charge is 2.05. The van der Waals surface area contributed by atoms with Gasteiger partial charge in [0, 0.05) is 30.5 Å². The normalized spacial score (nSPS) is 10.6. The third-order valence-corrected chi connectivity index (χ3v) is 3.74. The Hall–Kier alpha value is -3.14. The molecule has 1 aromatic heterocycles. The lowest BCUT2D eigenvalue weighted by atomic mass is 10.1. The maximum atomic E-state index is 11.4. The second kappa shape index (κ2) is 8.64. The lowest BCUT2D eigenvalue weighted by molar-refractivity contribution is 0.826. The van der Waals surface area contributed by atoms with Gasteiger partial charge < -0.3 is 4.90 Å². The molecular formula is C18H22N6O. The van der Waals surface area contributed by atoms with Gasteiger partial charge in [-0.05, 0) is 44.0 Å². The zero-order valence-corrected chi connectivity index (χ0v) is 14.7. The van der Waals surface area contributed by atoms with Crippen LogP contribution in [-0.2, 0) is 0 Å². The third kappa shape index (κ3) is 5.18. The van der Waals surface area contributed by atoms with E-state index in [2.05, 4.69) is 44.5 Å². The molecule has 0 amide bonds. The zero-order chi connectivity index (χ0) is 18.2. The maximum Gasteiger partial charge on any atom is 0.252 e. The summed E-state index contributed by atoms with van der Waals surface area (Å²) in [6.07, 6.45) is 2.19. The first-order valence-electron chi connectivity index (χ1n) is 8.13. The summed E-state index contributed by atoms with van der Waals surface area (Å²) in [7, 11) is 0. The van der Waals surface area contributed by atoms with Gasteiger partial charge in [-0.25, -0.2) is 10.4 Å². The first-order chi connectivity index (χ1) is 12.0. The lowest BCUT2D eigenvalue weighted by Gasteiger charge is -2.22. The highest BCUT2D eigenvalue weighted by Crippen LogP contribution is 2.18. The molecule has 0 unspecified atom stereocenters. The third-order valence-electron chi connectivity index (χ3n) is 3.74. The Kier molecular flexibility index (Phi) is 6.29. The summed E-state index contributed by atoms with van der Waals surface area (Å²) in [6, 6.07) is 9.68. The molecule has 2 aromatic rings. The minimum Gasteiger partial charge on any atom is -0.371 e. The van der Waals surface area contributed by atoms with Crippen LogP contribution in [0.1, 0.15) is 30.2 Å². The quantitative estimate of drug-likeness (QED) is 0.597. The highest BCUT2D eigenvalue weighted by molar-refractivity contribution is 5.83. The molecular weight excluding hydrogens is 316 g/mol. The van der Waals surface area contributed by atoms with Crippen LogP contribution in [0.25, 0.3) is 0 Å². The van der Waals surface area contributed by atoms with Crippen molar-refractivity contribution in [1.82, 2.24) is 9.97 Å². The Balaban J connectivity index is 2.10. The molecule has 0 aliphatic carbocycles. The fourth-order valence-corrected chi connectivity index (χ4v) is 2.45. The number of aryl methyl sites for hydroxylation is 2. The van der Waals surface area contributed by atoms with Crippen LogP contribution in [-0.4, -0.2) is 29.3 Å². The fraction of sp³-hybridized carbons (Fsp3) is 0.333. The van der Waals surface area contributed by atoms with Gasteiger partial charge in [0.2, 0.25) is 5.95 Å². The van der Waals surface area contributed by atoms with E-state index in [1.165, 1.54) is 6.07 Å². The molecule has 1 aromatic carbocycles. The Morgan fingerprint density at radius 3 is 2.84 bits per heavy atom. The average Bonchev–Trinajstić information content (AvgIpc) is 2.56. The van der Waals surface area contributed by atoms with E-state index < -0.39 is 0 Å². The predicted molar refractivity (Wildman–Crippen MR) is 100 cm³/mol. The first kappa shape index (κ1) is 18.2. The Bertz CT molecular complexity index is 849. The van der Waals surface area contributed by atoms with Gasteiger partial charge in [-0.2, -0.15) is 10.4 Å². The van der Waals surface area contributed by atoms with Gasteiger partial charge in [0.1, 0.15) is 0 Å². The molecule has 0 aliphatic rings. The monoisotopic (exact) mass is 338 g/mol. The van der Waals surface area contributed by atoms with Gasteiger partial charge in [0.05, 0.1) is 18.7 Å². The van der Waals surface area contributed by atoms with E-state index in [4.69, 9.17) is 5.26 Å². The molecule has 1 heterocycles. The number of hydrogen-bond donors (Lipinski definition) is 2. The smallest absolute Gasteiger partial charge is 0.252 e. The molecule has 7 nitrogen and oxygen atoms in total. The van der Waals surface area contributed by atoms with Crippen LogP contribution in [0.3, 0.4) is 0 Å². The molecule has 2 rings (SSSR count). The largest absolute Gasteiger partial charge is 0.371 e. The van der Waals surface area contributed by atoms with Crippen LogP contribution in [0.4, 0.5) is 11.6 Å². The molecule has 0 atom stereocenters. The standard InChI is InChI=1S/C18H22N6O/c1-4-24(9-5-8-19)16-7-6-15(13(2)10-16)12-20-23-18-21-14(3)11-17(25)22-18/h6-7,10-12H,4-5,9H2,1-3H3,(H2,21,22,23,25)/b20-12-. The number of nitrogens with one attached hydrogen (secondary N) is 2. The van der Waals surface area contributed by atoms with Gasteiger partial charge in [0.15, 0.2) is 0 Å². The Labute approximate surface area is 147 Å². The van der Waals surface area contributed by atoms with E-state index in [-0.39, 0.29) is 5.56 Å². The molecule has 0 radical (unpaired) electrons. The summed E-state index contributed by atoms with van der Waals surface area (Å²) < 4.78 is 0. The molecule has 0 bridgehead atoms. The summed E-state index contributed by atoms with van der Waals surface area (Å²) in [5.41, 5.74) is 6.26. The van der Waals surface area contributed by atoms with Crippen molar-refractivity contribution in [1.29, 1.82) is 5.26 Å². The van der Waals surface area contributed by atoms with Crippen molar-refractivity contribution in [3.8, 4) is 6.07 Å². The number of hydrogen-bond acceptors (Lipinski definition) is 6. The summed E-state index contributed by atoms with van der Waals surface area (Å²) in [5, 5.41) is 12.9. The number of hydrazone groups is 1. The first-order valence-corrected chi connectivity index (χ1v) is 8.13. The number of rotatable bonds is 7. The van der Waals surface area contributed by atoms with Crippen molar-refractivity contribution in [2.45, 2.75) is 27.2 Å². The number of aromatic amines is 1. The van der Waals surface area contributed by atoms with Crippen molar-refractivity contribution in [2.24, 2.45) is 5.10 Å². The van der Waals surface area contributed by atoms with Gasteiger partial charge >= 0.3 is 0 Å². The summed E-state index contributed by atoms with van der Waals surface area (Å²) in [5.74, 6) is 0.309. The fourth-order valence-electron chi connectivity index (χ4n) is 2.45. The minimum atomic E-state index is -0.220. The average molecular weight is 338 g/mol. The molecule has 2 N–H and O–H groups in total. The summed E-state index contributed by atoms with van der Waals surface area (Å²) in [4.78, 5) is 20.3. The molecule has 0 saturated carbocycles. The van der Waals surface area contributed by atoms with E-state index >= 15 is 0 Å². The van der Waals surface area contributed by atoms with E-state index in [0.29, 0.717) is 24.6 Å². The number of nitriles is 1. The van der Waals surface area contributed by atoms with E-state index in [1.54, 1.807) is 13.1 Å².